The lowest BCUT2D eigenvalue weighted by Gasteiger charge is -2.35. The van der Waals surface area contributed by atoms with Crippen molar-refractivity contribution in [2.45, 2.75) is 6.92 Å². The molecule has 0 amide bonds. The normalized spacial score (nSPS) is 17.4. The molecule has 10 nitrogen and oxygen atoms in total. The molecule has 5 rings (SSSR count). The number of hydrogen-bond donors (Lipinski definition) is 0. The van der Waals surface area contributed by atoms with Gasteiger partial charge < -0.3 is 19.3 Å². The fraction of sp³-hybridized carbons (Fsp3) is 0.379. The molecule has 0 bridgehead atoms. The summed E-state index contributed by atoms with van der Waals surface area (Å²) in [6.45, 7) is 13.2. The molecular formula is C29H34N8O2. The second-order valence-electron chi connectivity index (χ2n) is 9.60. The average molecular weight is 527 g/mol. The van der Waals surface area contributed by atoms with Gasteiger partial charge in [0.25, 0.3) is 0 Å². The van der Waals surface area contributed by atoms with E-state index < -0.39 is 0 Å². The highest BCUT2D eigenvalue weighted by Crippen LogP contribution is 2.32. The van der Waals surface area contributed by atoms with Gasteiger partial charge in [-0.15, -0.1) is 0 Å². The van der Waals surface area contributed by atoms with Crippen molar-refractivity contribution in [1.29, 1.82) is 5.26 Å². The summed E-state index contributed by atoms with van der Waals surface area (Å²) in [6, 6.07) is 8.59. The van der Waals surface area contributed by atoms with Gasteiger partial charge in [0.2, 0.25) is 0 Å². The first-order chi connectivity index (χ1) is 19.1. The number of nitriles is 1. The van der Waals surface area contributed by atoms with Gasteiger partial charge in [-0.25, -0.2) is 14.5 Å². The van der Waals surface area contributed by atoms with Crippen LogP contribution in [0.4, 0.5) is 11.5 Å². The number of anilines is 2. The zero-order chi connectivity index (χ0) is 27.2. The van der Waals surface area contributed by atoms with E-state index in [1.807, 2.05) is 31.6 Å². The highest BCUT2D eigenvalue weighted by Gasteiger charge is 2.20. The van der Waals surface area contributed by atoms with Gasteiger partial charge in [-0.05, 0) is 23.8 Å². The maximum absolute atomic E-state index is 9.71. The van der Waals surface area contributed by atoms with Gasteiger partial charge in [0.15, 0.2) is 5.90 Å². The van der Waals surface area contributed by atoms with E-state index in [4.69, 9.17) is 14.5 Å². The van der Waals surface area contributed by atoms with Gasteiger partial charge in [-0.2, -0.15) is 10.4 Å². The molecule has 3 aromatic rings. The molecule has 5 heterocycles. The summed E-state index contributed by atoms with van der Waals surface area (Å²) < 4.78 is 12.4. The number of morpholine rings is 1. The number of ether oxygens (including phenoxy) is 2. The smallest absolute Gasteiger partial charge is 0.184 e. The van der Waals surface area contributed by atoms with Crippen molar-refractivity contribution in [3.05, 3.63) is 66.8 Å². The molecule has 0 spiro atoms. The van der Waals surface area contributed by atoms with Crippen LogP contribution < -0.4 is 9.80 Å². The number of methoxy groups -OCH3 is 1. The number of aromatic nitrogens is 3. The molecule has 10 heteroatoms. The van der Waals surface area contributed by atoms with Crippen molar-refractivity contribution in [3.63, 3.8) is 0 Å². The van der Waals surface area contributed by atoms with Crippen LogP contribution in [-0.2, 0) is 9.47 Å². The summed E-state index contributed by atoms with van der Waals surface area (Å²) in [4.78, 5) is 16.1. The summed E-state index contributed by atoms with van der Waals surface area (Å²) in [5, 5.41) is 14.2. The standard InChI is InChI=1S/C29H34N8O2/c1-4-23(17-31-22(2)38-3)20-34-7-9-36(10-8-34)28-6-5-24(18-32-28)27-15-26(35-11-13-39-14-12-35)21-37-29(27)25(16-30)19-33-37/h4-6,15,17-19,21H,1,7-14,20H2,2-3H3/b23-17+,31-22+. The van der Waals surface area contributed by atoms with Crippen LogP contribution in [0.15, 0.2) is 66.2 Å². The van der Waals surface area contributed by atoms with Gasteiger partial charge in [-0.3, -0.25) is 4.90 Å². The Morgan fingerprint density at radius 1 is 1.15 bits per heavy atom. The molecule has 0 aromatic carbocycles. The number of pyridine rings is 2. The highest BCUT2D eigenvalue weighted by atomic mass is 16.5. The van der Waals surface area contributed by atoms with E-state index in [1.54, 1.807) is 17.8 Å². The third kappa shape index (κ3) is 5.95. The van der Waals surface area contributed by atoms with Crippen LogP contribution in [0.25, 0.3) is 16.6 Å². The van der Waals surface area contributed by atoms with E-state index in [1.165, 1.54) is 0 Å². The Bertz CT molecular complexity index is 1410. The van der Waals surface area contributed by atoms with Crippen LogP contribution in [0.3, 0.4) is 0 Å². The van der Waals surface area contributed by atoms with E-state index in [9.17, 15) is 5.26 Å². The van der Waals surface area contributed by atoms with Crippen molar-refractivity contribution in [2.24, 2.45) is 4.99 Å². The topological polar surface area (TPSA) is 94.5 Å². The Kier molecular flexibility index (Phi) is 8.20. The predicted octanol–water partition coefficient (Wildman–Crippen LogP) is 3.36. The SMILES string of the molecule is C=C/C(=C\N=C(/C)OC)CN1CCN(c2ccc(-c3cc(N4CCOCC4)cn4ncc(C#N)c34)cn2)CC1. The zero-order valence-electron chi connectivity index (χ0n) is 22.6. The molecule has 0 aliphatic carbocycles. The summed E-state index contributed by atoms with van der Waals surface area (Å²) in [7, 11) is 1.62. The Balaban J connectivity index is 1.31. The van der Waals surface area contributed by atoms with Crippen LogP contribution >= 0.6 is 0 Å². The van der Waals surface area contributed by atoms with Gasteiger partial charge in [0.1, 0.15) is 11.9 Å². The van der Waals surface area contributed by atoms with E-state index >= 15 is 0 Å². The van der Waals surface area contributed by atoms with Gasteiger partial charge in [0, 0.05) is 76.3 Å². The zero-order valence-corrected chi connectivity index (χ0v) is 22.6. The number of piperazine rings is 1. The van der Waals surface area contributed by atoms with Crippen molar-refractivity contribution >= 4 is 22.9 Å². The molecule has 3 aromatic heterocycles. The molecule has 2 fully saturated rings. The molecule has 0 atom stereocenters. The number of fused-ring (bicyclic) bond motifs is 1. The average Bonchev–Trinajstić information content (AvgIpc) is 3.42. The van der Waals surface area contributed by atoms with Crippen LogP contribution in [0.2, 0.25) is 0 Å². The van der Waals surface area contributed by atoms with Gasteiger partial charge in [-0.1, -0.05) is 12.7 Å². The van der Waals surface area contributed by atoms with Gasteiger partial charge >= 0.3 is 0 Å². The fourth-order valence-corrected chi connectivity index (χ4v) is 4.91. The number of nitrogens with zero attached hydrogens (tertiary/aromatic N) is 8. The number of rotatable bonds is 7. The van der Waals surface area contributed by atoms with E-state index in [2.05, 4.69) is 55.6 Å². The van der Waals surface area contributed by atoms with Crippen molar-refractivity contribution in [1.82, 2.24) is 19.5 Å². The van der Waals surface area contributed by atoms with Crippen molar-refractivity contribution < 1.29 is 9.47 Å². The van der Waals surface area contributed by atoms with Crippen LogP contribution in [-0.4, -0.2) is 91.5 Å². The molecule has 2 aliphatic rings. The minimum atomic E-state index is 0.551. The van der Waals surface area contributed by atoms with E-state index in [0.29, 0.717) is 24.7 Å². The van der Waals surface area contributed by atoms with Crippen LogP contribution in [0.5, 0.6) is 0 Å². The largest absolute Gasteiger partial charge is 0.484 e. The Morgan fingerprint density at radius 3 is 2.62 bits per heavy atom. The summed E-state index contributed by atoms with van der Waals surface area (Å²) in [6.07, 6.45) is 9.19. The second-order valence-corrected chi connectivity index (χ2v) is 9.60. The molecule has 2 saturated heterocycles. The molecule has 0 unspecified atom stereocenters. The summed E-state index contributed by atoms with van der Waals surface area (Å²) in [5.41, 5.74) is 5.38. The molecular weight excluding hydrogens is 492 g/mol. The van der Waals surface area contributed by atoms with Crippen LogP contribution in [0.1, 0.15) is 12.5 Å². The Labute approximate surface area is 229 Å². The van der Waals surface area contributed by atoms with Crippen molar-refractivity contribution in [2.75, 3.05) is 75.9 Å². The second kappa shape index (κ2) is 12.1. The minimum absolute atomic E-state index is 0.551. The third-order valence-electron chi connectivity index (χ3n) is 7.23. The maximum Gasteiger partial charge on any atom is 0.184 e. The minimum Gasteiger partial charge on any atom is -0.484 e. The Morgan fingerprint density at radius 2 is 1.95 bits per heavy atom. The summed E-state index contributed by atoms with van der Waals surface area (Å²) in [5.74, 6) is 1.58. The lowest BCUT2D eigenvalue weighted by molar-refractivity contribution is 0.122. The quantitative estimate of drug-likeness (QED) is 0.263. The lowest BCUT2D eigenvalue weighted by Crippen LogP contribution is -2.47. The van der Waals surface area contributed by atoms with E-state index in [-0.39, 0.29) is 0 Å². The first kappa shape index (κ1) is 26.4. The molecule has 0 saturated carbocycles. The number of hydrogen-bond acceptors (Lipinski definition) is 9. The molecule has 39 heavy (non-hydrogen) atoms. The summed E-state index contributed by atoms with van der Waals surface area (Å²) >= 11 is 0. The molecule has 0 radical (unpaired) electrons. The molecule has 202 valence electrons. The predicted molar refractivity (Wildman–Crippen MR) is 153 cm³/mol. The Hall–Kier alpha value is -4.20. The fourth-order valence-electron chi connectivity index (χ4n) is 4.91. The van der Waals surface area contributed by atoms with E-state index in [0.717, 1.165) is 79.5 Å². The number of aliphatic imine (C=N–C) groups is 1. The molecule has 0 N–H and O–H groups in total. The van der Waals surface area contributed by atoms with Crippen LogP contribution in [0, 0.1) is 11.3 Å². The first-order valence-electron chi connectivity index (χ1n) is 13.2. The highest BCUT2D eigenvalue weighted by molar-refractivity contribution is 5.86. The monoisotopic (exact) mass is 526 g/mol. The maximum atomic E-state index is 9.71. The first-order valence-corrected chi connectivity index (χ1v) is 13.2. The lowest BCUT2D eigenvalue weighted by atomic mass is 10.0. The third-order valence-corrected chi connectivity index (χ3v) is 7.23. The molecule has 2 aliphatic heterocycles. The van der Waals surface area contributed by atoms with Crippen molar-refractivity contribution in [3.8, 4) is 17.2 Å². The van der Waals surface area contributed by atoms with Gasteiger partial charge in [0.05, 0.1) is 49.5 Å².